The van der Waals surface area contributed by atoms with Gasteiger partial charge in [0, 0.05) is 11.6 Å². The van der Waals surface area contributed by atoms with Crippen molar-refractivity contribution in [1.82, 2.24) is 0 Å². The first-order valence-corrected chi connectivity index (χ1v) is 6.10. The number of carbonyl (C=O) groups excluding carboxylic acids is 2. The number of para-hydroxylation sites is 2. The second-order valence-corrected chi connectivity index (χ2v) is 4.45. The van der Waals surface area contributed by atoms with E-state index in [1.807, 2.05) is 30.3 Å². The first-order chi connectivity index (χ1) is 9.25. The molecule has 4 heteroatoms. The predicted octanol–water partition coefficient (Wildman–Crippen LogP) is 1.09. The third-order valence-corrected chi connectivity index (χ3v) is 3.19. The van der Waals surface area contributed by atoms with Crippen LogP contribution in [0.25, 0.3) is 0 Å². The highest BCUT2D eigenvalue weighted by atomic mass is 16.2. The Morgan fingerprint density at radius 1 is 1.00 bits per heavy atom. The molecule has 19 heavy (non-hydrogen) atoms. The average Bonchev–Trinajstić information content (AvgIpc) is 2.47. The Balaban J connectivity index is 1.91. The molecule has 0 unspecified atom stereocenters. The summed E-state index contributed by atoms with van der Waals surface area (Å²) in [5.41, 5.74) is 2.19. The van der Waals surface area contributed by atoms with Crippen LogP contribution in [0.15, 0.2) is 54.6 Å². The maximum absolute atomic E-state index is 12.3. The Morgan fingerprint density at radius 2 is 1.68 bits per heavy atom. The molecule has 0 fully saturated rings. The van der Waals surface area contributed by atoms with Gasteiger partial charge in [-0.15, -0.1) is 0 Å². The summed E-state index contributed by atoms with van der Waals surface area (Å²) in [6, 6.07) is 15.6. The molecule has 1 amide bonds. The van der Waals surface area contributed by atoms with E-state index in [1.54, 1.807) is 29.6 Å². The number of hydrogen-bond acceptors (Lipinski definition) is 2. The highest BCUT2D eigenvalue weighted by molar-refractivity contribution is 6.17. The summed E-state index contributed by atoms with van der Waals surface area (Å²) >= 11 is 0. The molecule has 0 aromatic heterocycles. The van der Waals surface area contributed by atoms with Crippen molar-refractivity contribution in [1.29, 1.82) is 0 Å². The van der Waals surface area contributed by atoms with E-state index in [-0.39, 0.29) is 11.7 Å². The van der Waals surface area contributed by atoms with Gasteiger partial charge in [-0.25, -0.2) is 0 Å². The molecule has 3 rings (SSSR count). The summed E-state index contributed by atoms with van der Waals surface area (Å²) < 4.78 is 0. The zero-order chi connectivity index (χ0) is 13.2. The number of benzene rings is 2. The lowest BCUT2D eigenvalue weighted by Gasteiger charge is -2.21. The number of fused-ring (bicyclic) bond motifs is 1. The van der Waals surface area contributed by atoms with Gasteiger partial charge in [-0.1, -0.05) is 42.5 Å². The van der Waals surface area contributed by atoms with E-state index in [1.165, 1.54) is 0 Å². The number of carbonyl (C=O) groups is 2. The van der Waals surface area contributed by atoms with Crippen LogP contribution in [0.5, 0.6) is 0 Å². The number of hydrogen-bond donors (Lipinski definition) is 2. The molecule has 0 spiro atoms. The minimum absolute atomic E-state index is 0.174. The predicted molar refractivity (Wildman–Crippen MR) is 71.2 cm³/mol. The minimum Gasteiger partial charge on any atom is -0.315 e. The van der Waals surface area contributed by atoms with E-state index in [0.717, 1.165) is 11.4 Å². The molecule has 0 saturated carbocycles. The van der Waals surface area contributed by atoms with Crippen LogP contribution in [0.2, 0.25) is 0 Å². The molecule has 0 saturated heterocycles. The van der Waals surface area contributed by atoms with Crippen molar-refractivity contribution in [3.8, 4) is 0 Å². The number of nitrogens with one attached hydrogen (secondary N) is 1. The smallest absolute Gasteiger partial charge is 0.291 e. The van der Waals surface area contributed by atoms with E-state index in [2.05, 4.69) is 5.32 Å². The third kappa shape index (κ3) is 2.13. The lowest BCUT2D eigenvalue weighted by Crippen LogP contribution is -2.91. The van der Waals surface area contributed by atoms with Crippen LogP contribution in [0.1, 0.15) is 10.4 Å². The number of anilines is 1. The van der Waals surface area contributed by atoms with Crippen molar-refractivity contribution in [2.75, 3.05) is 5.32 Å². The average molecular weight is 253 g/mol. The molecule has 0 bridgehead atoms. The van der Waals surface area contributed by atoms with E-state index in [9.17, 15) is 9.59 Å². The number of rotatable bonds is 2. The summed E-state index contributed by atoms with van der Waals surface area (Å²) in [5, 5.41) is 4.50. The largest absolute Gasteiger partial charge is 0.315 e. The van der Waals surface area contributed by atoms with Crippen LogP contribution in [0, 0.1) is 0 Å². The number of Topliss-reactive ketones (excluding diaryl/α,β-unsaturated/α-hetero) is 1. The van der Waals surface area contributed by atoms with Gasteiger partial charge in [0.05, 0.1) is 0 Å². The number of quaternary nitrogens is 1. The molecule has 1 atom stereocenters. The van der Waals surface area contributed by atoms with Gasteiger partial charge in [0.25, 0.3) is 5.91 Å². The zero-order valence-corrected chi connectivity index (χ0v) is 10.2. The van der Waals surface area contributed by atoms with Gasteiger partial charge in [-0.05, 0) is 6.07 Å². The number of ketones is 1. The van der Waals surface area contributed by atoms with Gasteiger partial charge in [0.15, 0.2) is 5.69 Å². The number of amides is 1. The summed E-state index contributed by atoms with van der Waals surface area (Å²) in [7, 11) is 0. The Bertz CT molecular complexity index is 638. The van der Waals surface area contributed by atoms with Crippen LogP contribution in [0.3, 0.4) is 0 Å². The van der Waals surface area contributed by atoms with E-state index in [0.29, 0.717) is 5.56 Å². The molecule has 1 aliphatic heterocycles. The fraction of sp³-hybridized carbons (Fsp3) is 0.0667. The summed E-state index contributed by atoms with van der Waals surface area (Å²) in [4.78, 5) is 24.3. The Labute approximate surface area is 110 Å². The summed E-state index contributed by atoms with van der Waals surface area (Å²) in [6.07, 6.45) is 0. The maximum Gasteiger partial charge on any atom is 0.291 e. The Kier molecular flexibility index (Phi) is 2.85. The third-order valence-electron chi connectivity index (χ3n) is 3.19. The van der Waals surface area contributed by atoms with Gasteiger partial charge in [0.1, 0.15) is 5.69 Å². The van der Waals surface area contributed by atoms with Crippen molar-refractivity contribution < 1.29 is 14.9 Å². The van der Waals surface area contributed by atoms with E-state index >= 15 is 0 Å². The standard InChI is InChI=1S/C15H12N2O2/c18-14(10-6-2-1-3-7-10)13-15(19)17-12-9-5-4-8-11(12)16-13/h1-9,13,16H,(H,17,19)/p+1/t13-/m0/s1. The van der Waals surface area contributed by atoms with Crippen LogP contribution in [0.4, 0.5) is 11.4 Å². The Hall–Kier alpha value is -2.46. The molecule has 0 radical (unpaired) electrons. The lowest BCUT2D eigenvalue weighted by atomic mass is 10.0. The fourth-order valence-corrected chi connectivity index (χ4v) is 2.20. The quantitative estimate of drug-likeness (QED) is 0.478. The molecular weight excluding hydrogens is 240 g/mol. The molecule has 2 aromatic carbocycles. The molecule has 1 heterocycles. The normalized spacial score (nSPS) is 17.5. The van der Waals surface area contributed by atoms with Gasteiger partial charge in [-0.2, -0.15) is 0 Å². The van der Waals surface area contributed by atoms with Gasteiger partial charge in [-0.3, -0.25) is 14.9 Å². The second kappa shape index (κ2) is 4.66. The molecule has 1 aliphatic rings. The SMILES string of the molecule is O=C1Nc2ccccc2[NH2+][C@H]1C(=O)c1ccccc1. The second-order valence-electron chi connectivity index (χ2n) is 4.45. The first kappa shape index (κ1) is 11.6. The molecule has 3 N–H and O–H groups in total. The van der Waals surface area contributed by atoms with Gasteiger partial charge in [0.2, 0.25) is 11.8 Å². The molecule has 2 aromatic rings. The van der Waals surface area contributed by atoms with Crippen molar-refractivity contribution in [2.45, 2.75) is 6.04 Å². The maximum atomic E-state index is 12.3. The minimum atomic E-state index is -0.753. The zero-order valence-electron chi connectivity index (χ0n) is 10.2. The van der Waals surface area contributed by atoms with E-state index < -0.39 is 6.04 Å². The van der Waals surface area contributed by atoms with Crippen molar-refractivity contribution in [2.24, 2.45) is 0 Å². The molecular formula is C15H13N2O2+. The van der Waals surface area contributed by atoms with Crippen molar-refractivity contribution in [3.05, 3.63) is 60.2 Å². The van der Waals surface area contributed by atoms with Gasteiger partial charge < -0.3 is 5.32 Å². The highest BCUT2D eigenvalue weighted by Gasteiger charge is 2.36. The first-order valence-electron chi connectivity index (χ1n) is 6.10. The van der Waals surface area contributed by atoms with Crippen LogP contribution < -0.4 is 10.6 Å². The van der Waals surface area contributed by atoms with Crippen molar-refractivity contribution >= 4 is 23.1 Å². The fourth-order valence-electron chi connectivity index (χ4n) is 2.20. The topological polar surface area (TPSA) is 62.8 Å². The van der Waals surface area contributed by atoms with Crippen LogP contribution in [-0.2, 0) is 4.79 Å². The Morgan fingerprint density at radius 3 is 2.47 bits per heavy atom. The summed E-state index contributed by atoms with van der Waals surface area (Å²) in [6.45, 7) is 0. The molecule has 4 nitrogen and oxygen atoms in total. The van der Waals surface area contributed by atoms with Crippen molar-refractivity contribution in [3.63, 3.8) is 0 Å². The van der Waals surface area contributed by atoms with Gasteiger partial charge >= 0.3 is 0 Å². The highest BCUT2D eigenvalue weighted by Crippen LogP contribution is 2.19. The molecule has 94 valence electrons. The number of nitrogens with two attached hydrogens (primary N) is 1. The monoisotopic (exact) mass is 253 g/mol. The van der Waals surface area contributed by atoms with Crippen LogP contribution in [-0.4, -0.2) is 17.7 Å². The van der Waals surface area contributed by atoms with Crippen LogP contribution >= 0.6 is 0 Å². The lowest BCUT2D eigenvalue weighted by molar-refractivity contribution is -0.582. The molecule has 0 aliphatic carbocycles. The van der Waals surface area contributed by atoms with E-state index in [4.69, 9.17) is 0 Å². The summed E-state index contributed by atoms with van der Waals surface area (Å²) in [5.74, 6) is -0.444.